The van der Waals surface area contributed by atoms with Gasteiger partial charge in [-0.3, -0.25) is 4.79 Å². The molecule has 10 heteroatoms. The molecule has 2 amide bonds. The van der Waals surface area contributed by atoms with Crippen LogP contribution in [0.5, 0.6) is 0 Å². The lowest BCUT2D eigenvalue weighted by Crippen LogP contribution is -2.36. The molecule has 3 rings (SSSR count). The van der Waals surface area contributed by atoms with Crippen LogP contribution in [0.2, 0.25) is 0 Å². The third kappa shape index (κ3) is 16.8. The Bertz CT molecular complexity index is 830. The maximum absolute atomic E-state index is 11.9. The van der Waals surface area contributed by atoms with E-state index in [0.717, 1.165) is 25.3 Å². The molecule has 3 heterocycles. The van der Waals surface area contributed by atoms with E-state index in [9.17, 15) is 14.4 Å². The Labute approximate surface area is 249 Å². The first kappa shape index (κ1) is 37.0. The normalized spacial score (nSPS) is 23.3. The molecule has 0 aromatic carbocycles. The average Bonchev–Trinajstić information content (AvgIpc) is 3.52. The highest BCUT2D eigenvalue weighted by Crippen LogP contribution is 2.23. The number of ether oxygens (including phenoxy) is 3. The van der Waals surface area contributed by atoms with Crippen molar-refractivity contribution < 1.29 is 28.6 Å². The van der Waals surface area contributed by atoms with Gasteiger partial charge < -0.3 is 34.6 Å². The van der Waals surface area contributed by atoms with E-state index in [4.69, 9.17) is 19.9 Å². The van der Waals surface area contributed by atoms with E-state index in [1.807, 2.05) is 62.3 Å². The number of amides is 2. The second-order valence-corrected chi connectivity index (χ2v) is 14.7. The van der Waals surface area contributed by atoms with Crippen molar-refractivity contribution >= 4 is 18.2 Å². The fraction of sp³-hybridized carbons (Fsp3) is 0.903. The maximum Gasteiger partial charge on any atom is 0.410 e. The van der Waals surface area contributed by atoms with Crippen LogP contribution < -0.4 is 5.73 Å². The molecular weight excluding hydrogens is 524 g/mol. The minimum absolute atomic E-state index is 0.118. The molecule has 240 valence electrons. The van der Waals surface area contributed by atoms with E-state index in [1.54, 1.807) is 9.80 Å². The van der Waals surface area contributed by atoms with Gasteiger partial charge in [0.1, 0.15) is 16.8 Å². The van der Waals surface area contributed by atoms with E-state index in [0.29, 0.717) is 26.1 Å². The third-order valence-corrected chi connectivity index (χ3v) is 6.76. The van der Waals surface area contributed by atoms with Gasteiger partial charge in [0.15, 0.2) is 0 Å². The van der Waals surface area contributed by atoms with Crippen molar-refractivity contribution in [2.45, 2.75) is 124 Å². The van der Waals surface area contributed by atoms with E-state index in [1.165, 1.54) is 25.9 Å². The number of hydrogen-bond donors (Lipinski definition) is 1. The van der Waals surface area contributed by atoms with Crippen molar-refractivity contribution in [1.29, 1.82) is 0 Å². The van der Waals surface area contributed by atoms with Gasteiger partial charge in [-0.25, -0.2) is 9.59 Å². The molecule has 3 fully saturated rings. The Balaban J connectivity index is 0.000000340. The highest BCUT2D eigenvalue weighted by Gasteiger charge is 2.32. The summed E-state index contributed by atoms with van der Waals surface area (Å²) in [7, 11) is 2.20. The molecule has 10 nitrogen and oxygen atoms in total. The summed E-state index contributed by atoms with van der Waals surface area (Å²) in [6.45, 7) is 24.2. The molecule has 2 N–H and O–H groups in total. The molecular formula is C31H60N4O6. The van der Waals surface area contributed by atoms with Gasteiger partial charge in [-0.1, -0.05) is 13.3 Å². The zero-order valence-corrected chi connectivity index (χ0v) is 27.9. The summed E-state index contributed by atoms with van der Waals surface area (Å²) < 4.78 is 15.8. The Morgan fingerprint density at radius 1 is 0.683 bits per heavy atom. The molecule has 3 aliphatic heterocycles. The average molecular weight is 585 g/mol. The molecule has 3 aliphatic rings. The van der Waals surface area contributed by atoms with Crippen molar-refractivity contribution in [1.82, 2.24) is 14.7 Å². The topological polar surface area (TPSA) is 115 Å². The molecule has 3 saturated heterocycles. The first-order valence-corrected chi connectivity index (χ1v) is 15.3. The van der Waals surface area contributed by atoms with Crippen LogP contribution in [0.4, 0.5) is 9.59 Å². The van der Waals surface area contributed by atoms with Crippen LogP contribution in [0.25, 0.3) is 0 Å². The molecule has 0 aliphatic carbocycles. The summed E-state index contributed by atoms with van der Waals surface area (Å²) in [5.41, 5.74) is 4.32. The third-order valence-electron chi connectivity index (χ3n) is 6.76. The van der Waals surface area contributed by atoms with Crippen LogP contribution in [-0.2, 0) is 19.0 Å². The molecule has 3 atom stereocenters. The molecule has 0 unspecified atom stereocenters. The second-order valence-electron chi connectivity index (χ2n) is 14.7. The van der Waals surface area contributed by atoms with Crippen molar-refractivity contribution in [2.75, 3.05) is 46.3 Å². The molecule has 0 bridgehead atoms. The van der Waals surface area contributed by atoms with Crippen LogP contribution >= 0.6 is 0 Å². The van der Waals surface area contributed by atoms with Gasteiger partial charge >= 0.3 is 18.2 Å². The summed E-state index contributed by atoms with van der Waals surface area (Å²) in [6.07, 6.45) is 4.29. The van der Waals surface area contributed by atoms with Crippen LogP contribution in [0.15, 0.2) is 0 Å². The molecule has 0 saturated carbocycles. The number of esters is 1. The Hall–Kier alpha value is -2.07. The largest absolute Gasteiger partial charge is 0.460 e. The van der Waals surface area contributed by atoms with Gasteiger partial charge in [-0.2, -0.15) is 0 Å². The van der Waals surface area contributed by atoms with Gasteiger partial charge in [-0.05, 0) is 107 Å². The van der Waals surface area contributed by atoms with Crippen molar-refractivity contribution in [3.63, 3.8) is 0 Å². The second kappa shape index (κ2) is 16.0. The number of carbonyl (C=O) groups is 3. The molecule has 41 heavy (non-hydrogen) atoms. The van der Waals surface area contributed by atoms with Gasteiger partial charge in [0.25, 0.3) is 0 Å². The van der Waals surface area contributed by atoms with E-state index in [2.05, 4.69) is 18.9 Å². The lowest BCUT2D eigenvalue weighted by atomic mass is 10.1. The maximum atomic E-state index is 11.9. The van der Waals surface area contributed by atoms with E-state index in [-0.39, 0.29) is 30.1 Å². The summed E-state index contributed by atoms with van der Waals surface area (Å²) in [6, 6.07) is 0.118. The van der Waals surface area contributed by atoms with Crippen LogP contribution in [0.1, 0.15) is 101 Å². The summed E-state index contributed by atoms with van der Waals surface area (Å²) in [5, 5.41) is 0. The number of likely N-dealkylation sites (tertiary alicyclic amines) is 3. The van der Waals surface area contributed by atoms with Crippen molar-refractivity contribution in [2.24, 2.45) is 17.6 Å². The number of hydrogen-bond acceptors (Lipinski definition) is 8. The lowest BCUT2D eigenvalue weighted by molar-refractivity contribution is -0.155. The first-order chi connectivity index (χ1) is 18.7. The number of carbonyl (C=O) groups excluding carboxylic acids is 3. The van der Waals surface area contributed by atoms with Crippen LogP contribution in [-0.4, -0.2) is 102 Å². The number of nitrogens with zero attached hydrogens (tertiary/aromatic N) is 3. The highest BCUT2D eigenvalue weighted by molar-refractivity contribution is 5.71. The SMILES string of the molecule is CC(C)(C)OC(=O)C[C@@H]1CCN(C(=O)OC(C)(C)C)C1.CC(C)(C)OC(=O)N1CC[C@@H](N)C1.CC[C@@H]1CCN(C)C1. The molecule has 0 spiro atoms. The molecule has 0 aromatic rings. The smallest absolute Gasteiger partial charge is 0.410 e. The zero-order chi connectivity index (χ0) is 31.6. The fourth-order valence-corrected chi connectivity index (χ4v) is 4.75. The van der Waals surface area contributed by atoms with Gasteiger partial charge in [0.2, 0.25) is 0 Å². The Morgan fingerprint density at radius 3 is 1.51 bits per heavy atom. The Kier molecular flexibility index (Phi) is 14.4. The predicted octanol–water partition coefficient (Wildman–Crippen LogP) is 5.28. The van der Waals surface area contributed by atoms with E-state index < -0.39 is 16.8 Å². The van der Waals surface area contributed by atoms with Crippen LogP contribution in [0, 0.1) is 11.8 Å². The quantitative estimate of drug-likeness (QED) is 0.352. The molecule has 0 radical (unpaired) electrons. The zero-order valence-electron chi connectivity index (χ0n) is 27.9. The number of nitrogens with two attached hydrogens (primary N) is 1. The standard InChI is InChI=1S/C15H27NO4.C9H18N2O2.C7H15N/c1-14(2,3)19-12(17)9-11-7-8-16(10-11)13(18)20-15(4,5)6;1-9(2,3)13-8(12)11-5-4-7(10)6-11;1-3-7-4-5-8(2)6-7/h11H,7-10H2,1-6H3;7H,4-6,10H2,1-3H3;7H,3-6H2,1-2H3/t11-;2*7-/m011/s1. The van der Waals surface area contributed by atoms with Gasteiger partial charge in [-0.15, -0.1) is 0 Å². The molecule has 0 aromatic heterocycles. The summed E-state index contributed by atoms with van der Waals surface area (Å²) >= 11 is 0. The Morgan fingerprint density at radius 2 is 1.15 bits per heavy atom. The minimum atomic E-state index is -0.486. The predicted molar refractivity (Wildman–Crippen MR) is 163 cm³/mol. The minimum Gasteiger partial charge on any atom is -0.460 e. The van der Waals surface area contributed by atoms with Gasteiger partial charge in [0, 0.05) is 38.8 Å². The fourth-order valence-electron chi connectivity index (χ4n) is 4.75. The summed E-state index contributed by atoms with van der Waals surface area (Å²) in [4.78, 5) is 40.9. The monoisotopic (exact) mass is 584 g/mol. The lowest BCUT2D eigenvalue weighted by Gasteiger charge is -2.24. The van der Waals surface area contributed by atoms with Crippen molar-refractivity contribution in [3.05, 3.63) is 0 Å². The van der Waals surface area contributed by atoms with Gasteiger partial charge in [0.05, 0.1) is 6.42 Å². The highest BCUT2D eigenvalue weighted by atomic mass is 16.6. The van der Waals surface area contributed by atoms with Crippen LogP contribution in [0.3, 0.4) is 0 Å². The van der Waals surface area contributed by atoms with Crippen molar-refractivity contribution in [3.8, 4) is 0 Å². The summed E-state index contributed by atoms with van der Waals surface area (Å²) in [5.74, 6) is 0.964. The van der Waals surface area contributed by atoms with E-state index >= 15 is 0 Å². The first-order valence-electron chi connectivity index (χ1n) is 15.3. The number of rotatable bonds is 3.